The molecule has 7 heteroatoms. The third-order valence-electron chi connectivity index (χ3n) is 6.26. The van der Waals surface area contributed by atoms with Gasteiger partial charge in [-0.3, -0.25) is 14.6 Å². The molecule has 2 saturated heterocycles. The zero-order chi connectivity index (χ0) is 19.3. The highest BCUT2D eigenvalue weighted by atomic mass is 16.1. The summed E-state index contributed by atoms with van der Waals surface area (Å²) in [4.78, 5) is 36.5. The van der Waals surface area contributed by atoms with Crippen molar-refractivity contribution in [3.63, 3.8) is 0 Å². The highest BCUT2D eigenvalue weighted by Gasteiger charge is 2.36. The Bertz CT molecular complexity index is 1150. The minimum Gasteiger partial charge on any atom is -0.318 e. The first kappa shape index (κ1) is 17.3. The fourth-order valence-corrected chi connectivity index (χ4v) is 4.82. The van der Waals surface area contributed by atoms with Crippen LogP contribution in [-0.4, -0.2) is 31.6 Å². The zero-order valence-corrected chi connectivity index (χ0v) is 15.8. The van der Waals surface area contributed by atoms with Gasteiger partial charge in [-0.2, -0.15) is 0 Å². The van der Waals surface area contributed by atoms with E-state index in [4.69, 9.17) is 0 Å². The number of nitrogens with one attached hydrogen (secondary N) is 2. The summed E-state index contributed by atoms with van der Waals surface area (Å²) in [5.41, 5.74) is 1.70. The van der Waals surface area contributed by atoms with Crippen molar-refractivity contribution >= 4 is 11.0 Å². The van der Waals surface area contributed by atoms with Gasteiger partial charge in [0, 0.05) is 18.1 Å². The fraction of sp³-hybridized carbons (Fsp3) is 0.429. The van der Waals surface area contributed by atoms with Crippen molar-refractivity contribution in [3.05, 3.63) is 57.4 Å². The number of hydrogen-bond donors (Lipinski definition) is 2. The van der Waals surface area contributed by atoms with Gasteiger partial charge in [-0.25, -0.2) is 4.98 Å². The van der Waals surface area contributed by atoms with E-state index in [-0.39, 0.29) is 22.9 Å². The standard InChI is InChI=1S/C21H23N5O2/c1-12-6-7-13-8-14(9-16(12)23-13)26-18-5-3-2-4-15(18)25-20(21(26)28)17-10-22-11-19(27)24-17/h2-5,10-14,16,23H,6-9H2,1H3,(H,24,27). The first-order valence-corrected chi connectivity index (χ1v) is 9.92. The lowest BCUT2D eigenvalue weighted by Crippen LogP contribution is -2.53. The Hall–Kier alpha value is -2.80. The molecular weight excluding hydrogens is 354 g/mol. The largest absolute Gasteiger partial charge is 0.318 e. The lowest BCUT2D eigenvalue weighted by atomic mass is 9.78. The summed E-state index contributed by atoms with van der Waals surface area (Å²) in [6, 6.07) is 8.71. The van der Waals surface area contributed by atoms with Crippen molar-refractivity contribution in [1.82, 2.24) is 24.8 Å². The monoisotopic (exact) mass is 377 g/mol. The van der Waals surface area contributed by atoms with Crippen LogP contribution in [0.4, 0.5) is 0 Å². The Morgan fingerprint density at radius 1 is 1.11 bits per heavy atom. The average Bonchev–Trinajstić information content (AvgIpc) is 2.70. The number of rotatable bonds is 2. The molecule has 4 unspecified atom stereocenters. The molecular formula is C21H23N5O2. The SMILES string of the molecule is CC1CCC2CC(n3c(=O)c(-c4cncc(=O)[nH]4)nc4ccccc43)CC1N2. The van der Waals surface area contributed by atoms with E-state index in [9.17, 15) is 9.59 Å². The maximum Gasteiger partial charge on any atom is 0.279 e. The first-order chi connectivity index (χ1) is 13.6. The Labute approximate surface area is 161 Å². The van der Waals surface area contributed by atoms with Crippen LogP contribution in [0.1, 0.15) is 38.6 Å². The van der Waals surface area contributed by atoms with E-state index in [0.717, 1.165) is 30.3 Å². The number of H-pyrrole nitrogens is 1. The van der Waals surface area contributed by atoms with Gasteiger partial charge in [0.05, 0.1) is 29.1 Å². The van der Waals surface area contributed by atoms with Crippen molar-refractivity contribution in [2.24, 2.45) is 5.92 Å². The van der Waals surface area contributed by atoms with E-state index in [2.05, 4.69) is 27.2 Å². The number of aromatic nitrogens is 4. The maximum atomic E-state index is 13.5. The molecule has 2 fully saturated rings. The Kier molecular flexibility index (Phi) is 4.12. The molecule has 0 aliphatic carbocycles. The quantitative estimate of drug-likeness (QED) is 0.714. The van der Waals surface area contributed by atoms with Crippen LogP contribution >= 0.6 is 0 Å². The van der Waals surface area contributed by atoms with Crippen LogP contribution in [0.3, 0.4) is 0 Å². The third kappa shape index (κ3) is 2.86. The van der Waals surface area contributed by atoms with Crippen LogP contribution in [-0.2, 0) is 0 Å². The van der Waals surface area contributed by atoms with Crippen LogP contribution < -0.4 is 16.4 Å². The van der Waals surface area contributed by atoms with Crippen LogP contribution in [0.2, 0.25) is 0 Å². The van der Waals surface area contributed by atoms with Crippen LogP contribution in [0, 0.1) is 5.92 Å². The van der Waals surface area contributed by atoms with Crippen molar-refractivity contribution in [3.8, 4) is 11.4 Å². The number of piperidine rings is 2. The van der Waals surface area contributed by atoms with Crippen molar-refractivity contribution in [2.75, 3.05) is 0 Å². The van der Waals surface area contributed by atoms with Crippen LogP contribution in [0.15, 0.2) is 46.2 Å². The van der Waals surface area contributed by atoms with Crippen LogP contribution in [0.5, 0.6) is 0 Å². The topological polar surface area (TPSA) is 92.7 Å². The molecule has 28 heavy (non-hydrogen) atoms. The first-order valence-electron chi connectivity index (χ1n) is 9.92. The second kappa shape index (κ2) is 6.67. The van der Waals surface area contributed by atoms with Crippen molar-refractivity contribution in [1.29, 1.82) is 0 Å². The van der Waals surface area contributed by atoms with E-state index in [1.807, 2.05) is 28.8 Å². The molecule has 7 nitrogen and oxygen atoms in total. The molecule has 2 bridgehead atoms. The van der Waals surface area contributed by atoms with E-state index >= 15 is 0 Å². The minimum absolute atomic E-state index is 0.113. The molecule has 2 aromatic heterocycles. The third-order valence-corrected chi connectivity index (χ3v) is 6.26. The summed E-state index contributed by atoms with van der Waals surface area (Å²) in [7, 11) is 0. The summed E-state index contributed by atoms with van der Waals surface area (Å²) in [6.45, 7) is 2.29. The van der Waals surface area contributed by atoms with Gasteiger partial charge >= 0.3 is 0 Å². The summed E-state index contributed by atoms with van der Waals surface area (Å²) in [6.07, 6.45) is 6.93. The summed E-state index contributed by atoms with van der Waals surface area (Å²) in [5, 5.41) is 3.74. The van der Waals surface area contributed by atoms with Gasteiger partial charge in [-0.15, -0.1) is 0 Å². The zero-order valence-electron chi connectivity index (χ0n) is 15.8. The lowest BCUT2D eigenvalue weighted by molar-refractivity contribution is 0.144. The normalized spacial score (nSPS) is 27.0. The minimum atomic E-state index is -0.344. The average molecular weight is 377 g/mol. The number of benzene rings is 1. The molecule has 0 amide bonds. The Balaban J connectivity index is 1.70. The Morgan fingerprint density at radius 3 is 2.82 bits per heavy atom. The molecule has 5 rings (SSSR count). The lowest BCUT2D eigenvalue weighted by Gasteiger charge is -2.44. The van der Waals surface area contributed by atoms with E-state index in [1.165, 1.54) is 18.8 Å². The number of fused-ring (bicyclic) bond motifs is 3. The fourth-order valence-electron chi connectivity index (χ4n) is 4.82. The highest BCUT2D eigenvalue weighted by Crippen LogP contribution is 2.36. The maximum absolute atomic E-state index is 13.5. The predicted molar refractivity (Wildman–Crippen MR) is 107 cm³/mol. The molecule has 2 aliphatic heterocycles. The van der Waals surface area contributed by atoms with Gasteiger partial charge in [0.2, 0.25) is 0 Å². The van der Waals surface area contributed by atoms with Gasteiger partial charge in [-0.05, 0) is 43.7 Å². The molecule has 4 heterocycles. The molecule has 0 radical (unpaired) electrons. The van der Waals surface area contributed by atoms with Crippen molar-refractivity contribution in [2.45, 2.75) is 50.7 Å². The molecule has 4 atom stereocenters. The molecule has 3 aromatic rings. The van der Waals surface area contributed by atoms with Gasteiger partial charge in [0.25, 0.3) is 11.1 Å². The number of para-hydroxylation sites is 2. The van der Waals surface area contributed by atoms with E-state index < -0.39 is 0 Å². The second-order valence-corrected chi connectivity index (χ2v) is 8.08. The van der Waals surface area contributed by atoms with Gasteiger partial charge in [0.15, 0.2) is 5.69 Å². The van der Waals surface area contributed by atoms with Crippen molar-refractivity contribution < 1.29 is 0 Å². The summed E-state index contributed by atoms with van der Waals surface area (Å²) >= 11 is 0. The van der Waals surface area contributed by atoms with Crippen LogP contribution in [0.25, 0.3) is 22.4 Å². The molecule has 2 aliphatic rings. The number of aromatic amines is 1. The van der Waals surface area contributed by atoms with E-state index in [1.54, 1.807) is 0 Å². The predicted octanol–water partition coefficient (Wildman–Crippen LogP) is 2.24. The summed E-state index contributed by atoms with van der Waals surface area (Å²) in [5.74, 6) is 0.608. The molecule has 0 saturated carbocycles. The highest BCUT2D eigenvalue weighted by molar-refractivity contribution is 5.77. The van der Waals surface area contributed by atoms with Gasteiger partial charge in [-0.1, -0.05) is 19.1 Å². The van der Waals surface area contributed by atoms with E-state index in [0.29, 0.717) is 23.7 Å². The summed E-state index contributed by atoms with van der Waals surface area (Å²) < 4.78 is 1.90. The smallest absolute Gasteiger partial charge is 0.279 e. The molecule has 1 aromatic carbocycles. The van der Waals surface area contributed by atoms with Gasteiger partial charge in [0.1, 0.15) is 0 Å². The Morgan fingerprint density at radius 2 is 1.96 bits per heavy atom. The molecule has 144 valence electrons. The molecule has 2 N–H and O–H groups in total. The number of nitrogens with zero attached hydrogens (tertiary/aromatic N) is 3. The second-order valence-electron chi connectivity index (χ2n) is 8.08. The number of hydrogen-bond acceptors (Lipinski definition) is 5. The molecule has 0 spiro atoms. The van der Waals surface area contributed by atoms with Gasteiger partial charge < -0.3 is 14.9 Å².